The minimum absolute atomic E-state index is 0.0403. The number of nitrogens with zero attached hydrogens (tertiary/aromatic N) is 1. The molecule has 0 aromatic heterocycles. The molecule has 0 radical (unpaired) electrons. The zero-order chi connectivity index (χ0) is 18.6. The van der Waals surface area contributed by atoms with Gasteiger partial charge in [-0.3, -0.25) is 0 Å². The average Bonchev–Trinajstić information content (AvgIpc) is 2.65. The minimum Gasteiger partial charge on any atom is -0.466 e. The summed E-state index contributed by atoms with van der Waals surface area (Å²) in [5.74, 6) is -2.61. The van der Waals surface area contributed by atoms with Gasteiger partial charge in [0.2, 0.25) is 5.88 Å². The molecule has 8 heteroatoms. The van der Waals surface area contributed by atoms with Crippen LogP contribution in [0.3, 0.4) is 0 Å². The van der Waals surface area contributed by atoms with Crippen molar-refractivity contribution < 1.29 is 23.8 Å². The molecule has 1 atom stereocenters. The smallest absolute Gasteiger partial charge is 0.340 e. The first-order valence-electron chi connectivity index (χ1n) is 7.11. The van der Waals surface area contributed by atoms with Gasteiger partial charge in [0, 0.05) is 0 Å². The van der Waals surface area contributed by atoms with Crippen LogP contribution in [0.4, 0.5) is 0 Å². The summed E-state index contributed by atoms with van der Waals surface area (Å²) in [6.07, 6.45) is 0. The van der Waals surface area contributed by atoms with Crippen molar-refractivity contribution in [2.45, 2.75) is 5.92 Å². The molecule has 0 amide bonds. The van der Waals surface area contributed by atoms with Crippen molar-refractivity contribution >= 4 is 23.5 Å². The third kappa shape index (κ3) is 3.44. The largest absolute Gasteiger partial charge is 0.466 e. The van der Waals surface area contributed by atoms with Gasteiger partial charge in [-0.2, -0.15) is 5.26 Å². The van der Waals surface area contributed by atoms with E-state index in [4.69, 9.17) is 36.8 Å². The summed E-state index contributed by atoms with van der Waals surface area (Å²) in [5.41, 5.74) is 6.84. The number of allylic oxidation sites excluding steroid dienone is 1. The summed E-state index contributed by atoms with van der Waals surface area (Å²) in [4.78, 5) is 24.6. The number of ether oxygens (including phenoxy) is 3. The molecule has 2 N–H and O–H groups in total. The summed E-state index contributed by atoms with van der Waals surface area (Å²) in [6.45, 7) is 0. The van der Waals surface area contributed by atoms with Crippen LogP contribution in [-0.2, 0) is 23.8 Å². The number of hydrogen-bond acceptors (Lipinski definition) is 7. The van der Waals surface area contributed by atoms with Crippen LogP contribution in [0.15, 0.2) is 47.1 Å². The van der Waals surface area contributed by atoms with Crippen LogP contribution in [0.5, 0.6) is 0 Å². The van der Waals surface area contributed by atoms with E-state index in [-0.39, 0.29) is 28.7 Å². The van der Waals surface area contributed by atoms with E-state index in [0.29, 0.717) is 11.1 Å². The highest BCUT2D eigenvalue weighted by Crippen LogP contribution is 2.40. The first-order valence-corrected chi connectivity index (χ1v) is 7.65. The number of nitriles is 1. The van der Waals surface area contributed by atoms with E-state index in [0.717, 1.165) is 0 Å². The lowest BCUT2D eigenvalue weighted by Crippen LogP contribution is -2.30. The molecule has 1 heterocycles. The number of halogens is 1. The number of carbonyl (C=O) groups is 2. The zero-order valence-corrected chi connectivity index (χ0v) is 14.3. The van der Waals surface area contributed by atoms with Gasteiger partial charge in [0.15, 0.2) is 0 Å². The highest BCUT2D eigenvalue weighted by Gasteiger charge is 2.40. The fourth-order valence-electron chi connectivity index (χ4n) is 2.54. The van der Waals surface area contributed by atoms with Gasteiger partial charge in [-0.1, -0.05) is 12.1 Å². The number of nitrogens with two attached hydrogens (primary N) is 1. The summed E-state index contributed by atoms with van der Waals surface area (Å²) in [7, 11) is 2.40. The summed E-state index contributed by atoms with van der Waals surface area (Å²) in [6, 6.07) is 8.34. The molecular formula is C17H15ClN2O5. The van der Waals surface area contributed by atoms with Crippen molar-refractivity contribution in [2.24, 2.45) is 5.73 Å². The van der Waals surface area contributed by atoms with Crippen LogP contribution in [-0.4, -0.2) is 32.0 Å². The van der Waals surface area contributed by atoms with Crippen molar-refractivity contribution in [1.82, 2.24) is 0 Å². The molecule has 1 aliphatic heterocycles. The minimum atomic E-state index is -0.893. The molecule has 1 aromatic rings. The van der Waals surface area contributed by atoms with Crippen molar-refractivity contribution in [1.29, 1.82) is 5.26 Å². The molecule has 0 fully saturated rings. The van der Waals surface area contributed by atoms with Gasteiger partial charge in [0.05, 0.1) is 43.2 Å². The Bertz CT molecular complexity index is 805. The van der Waals surface area contributed by atoms with Crippen molar-refractivity contribution in [3.63, 3.8) is 0 Å². The van der Waals surface area contributed by atoms with Gasteiger partial charge in [0.1, 0.15) is 11.3 Å². The van der Waals surface area contributed by atoms with Gasteiger partial charge < -0.3 is 19.9 Å². The lowest BCUT2D eigenvalue weighted by molar-refractivity contribution is -0.137. The fraction of sp³-hybridized carbons (Fsp3) is 0.235. The number of rotatable bonds is 4. The predicted molar refractivity (Wildman–Crippen MR) is 88.0 cm³/mol. The number of alkyl halides is 1. The number of benzene rings is 1. The van der Waals surface area contributed by atoms with E-state index < -0.39 is 17.9 Å². The maximum Gasteiger partial charge on any atom is 0.340 e. The highest BCUT2D eigenvalue weighted by molar-refractivity contribution is 6.19. The van der Waals surface area contributed by atoms with Crippen LogP contribution < -0.4 is 5.73 Å². The lowest BCUT2D eigenvalue weighted by atomic mass is 9.82. The topological polar surface area (TPSA) is 112 Å². The Balaban J connectivity index is 2.71. The second-order valence-electron chi connectivity index (χ2n) is 5.00. The monoisotopic (exact) mass is 362 g/mol. The Labute approximate surface area is 149 Å². The Morgan fingerprint density at radius 1 is 1.20 bits per heavy atom. The standard InChI is InChI=1S/C17H15ClN2O5/c1-23-16(21)13-11(7-18)25-15(20)14(17(22)24-2)12(13)10-5-3-9(8-19)4-6-10/h3-6,12H,7,20H2,1-2H3. The van der Waals surface area contributed by atoms with E-state index in [1.165, 1.54) is 14.2 Å². The molecule has 130 valence electrons. The number of hydrogen-bond donors (Lipinski definition) is 1. The van der Waals surface area contributed by atoms with E-state index in [2.05, 4.69) is 0 Å². The van der Waals surface area contributed by atoms with Gasteiger partial charge in [-0.05, 0) is 17.7 Å². The zero-order valence-electron chi connectivity index (χ0n) is 13.5. The van der Waals surface area contributed by atoms with Crippen LogP contribution in [0.1, 0.15) is 17.0 Å². The number of methoxy groups -OCH3 is 2. The molecular weight excluding hydrogens is 348 g/mol. The molecule has 25 heavy (non-hydrogen) atoms. The predicted octanol–water partition coefficient (Wildman–Crippen LogP) is 1.68. The van der Waals surface area contributed by atoms with Gasteiger partial charge >= 0.3 is 11.9 Å². The fourth-order valence-corrected chi connectivity index (χ4v) is 2.74. The van der Waals surface area contributed by atoms with Crippen LogP contribution >= 0.6 is 11.6 Å². The van der Waals surface area contributed by atoms with Crippen LogP contribution in [0.2, 0.25) is 0 Å². The maximum atomic E-state index is 12.3. The molecule has 7 nitrogen and oxygen atoms in total. The quantitative estimate of drug-likeness (QED) is 0.640. The third-order valence-corrected chi connectivity index (χ3v) is 3.92. The lowest BCUT2D eigenvalue weighted by Gasteiger charge is -2.28. The highest BCUT2D eigenvalue weighted by atomic mass is 35.5. The number of esters is 2. The van der Waals surface area contributed by atoms with Crippen LogP contribution in [0.25, 0.3) is 0 Å². The molecule has 0 bridgehead atoms. The van der Waals surface area contributed by atoms with Gasteiger partial charge in [-0.15, -0.1) is 11.6 Å². The average molecular weight is 363 g/mol. The first-order chi connectivity index (χ1) is 12.0. The summed E-state index contributed by atoms with van der Waals surface area (Å²) < 4.78 is 14.9. The van der Waals surface area contributed by atoms with Crippen molar-refractivity contribution in [3.8, 4) is 6.07 Å². The Morgan fingerprint density at radius 2 is 1.76 bits per heavy atom. The van der Waals surface area contributed by atoms with E-state index >= 15 is 0 Å². The molecule has 1 unspecified atom stereocenters. The summed E-state index contributed by atoms with van der Waals surface area (Å²) in [5, 5.41) is 8.94. The Morgan fingerprint density at radius 3 is 2.24 bits per heavy atom. The van der Waals surface area contributed by atoms with Crippen molar-refractivity contribution in [2.75, 3.05) is 20.1 Å². The molecule has 0 saturated carbocycles. The normalized spacial score (nSPS) is 16.8. The summed E-state index contributed by atoms with van der Waals surface area (Å²) >= 11 is 5.88. The molecule has 0 saturated heterocycles. The van der Waals surface area contributed by atoms with Gasteiger partial charge in [-0.25, -0.2) is 9.59 Å². The second kappa shape index (κ2) is 7.73. The van der Waals surface area contributed by atoms with Crippen molar-refractivity contribution in [3.05, 3.63) is 58.2 Å². The van der Waals surface area contributed by atoms with E-state index in [1.54, 1.807) is 24.3 Å². The third-order valence-electron chi connectivity index (χ3n) is 3.68. The van der Waals surface area contributed by atoms with E-state index in [1.807, 2.05) is 6.07 Å². The molecule has 1 aliphatic rings. The first kappa shape index (κ1) is 18.4. The Kier molecular flexibility index (Phi) is 5.67. The Hall–Kier alpha value is -2.98. The maximum absolute atomic E-state index is 12.3. The SMILES string of the molecule is COC(=O)C1=C(N)OC(CCl)=C(C(=O)OC)C1c1ccc(C#N)cc1. The molecule has 0 aliphatic carbocycles. The van der Waals surface area contributed by atoms with Gasteiger partial charge in [0.25, 0.3) is 0 Å². The van der Waals surface area contributed by atoms with Crippen LogP contribution in [0, 0.1) is 11.3 Å². The molecule has 1 aromatic carbocycles. The molecule has 2 rings (SSSR count). The number of carbonyl (C=O) groups excluding carboxylic acids is 2. The second-order valence-corrected chi connectivity index (χ2v) is 5.27. The van der Waals surface area contributed by atoms with E-state index in [9.17, 15) is 9.59 Å². The molecule has 0 spiro atoms.